The van der Waals surface area contributed by atoms with E-state index in [4.69, 9.17) is 20.9 Å². The van der Waals surface area contributed by atoms with Crippen LogP contribution in [-0.4, -0.2) is 75.5 Å². The number of aryl methyl sites for hydroxylation is 2. The van der Waals surface area contributed by atoms with Crippen molar-refractivity contribution in [2.75, 3.05) is 6.54 Å². The molecule has 0 bridgehead atoms. The Balaban J connectivity index is 1.40. The fraction of sp³-hybridized carbons (Fsp3) is 0.535. The average molecular weight is 789 g/mol. The Hall–Kier alpha value is -5.24. The van der Waals surface area contributed by atoms with Gasteiger partial charge in [-0.2, -0.15) is 0 Å². The largest absolute Gasteiger partial charge is 0.459 e. The summed E-state index contributed by atoms with van der Waals surface area (Å²) in [5.41, 5.74) is 12.1. The highest BCUT2D eigenvalue weighted by atomic mass is 16.6. The first-order valence-corrected chi connectivity index (χ1v) is 19.7. The van der Waals surface area contributed by atoms with Crippen molar-refractivity contribution in [1.29, 1.82) is 0 Å². The number of esters is 2. The number of rotatable bonds is 16. The van der Waals surface area contributed by atoms with Crippen molar-refractivity contribution in [3.05, 3.63) is 71.4 Å². The van der Waals surface area contributed by atoms with Gasteiger partial charge in [-0.15, -0.1) is 0 Å². The molecule has 3 aromatic rings. The van der Waals surface area contributed by atoms with Crippen LogP contribution < -0.4 is 27.4 Å². The molecule has 0 radical (unpaired) electrons. The first-order chi connectivity index (χ1) is 26.7. The van der Waals surface area contributed by atoms with Crippen LogP contribution in [0.2, 0.25) is 0 Å². The maximum Gasteiger partial charge on any atom is 0.325 e. The molecule has 0 saturated heterocycles. The predicted octanol–water partition coefficient (Wildman–Crippen LogP) is 3.97. The highest BCUT2D eigenvalue weighted by molar-refractivity contribution is 6.01. The Morgan fingerprint density at radius 3 is 2.04 bits per heavy atom. The summed E-state index contributed by atoms with van der Waals surface area (Å²) in [7, 11) is 0. The molecule has 1 heterocycles. The van der Waals surface area contributed by atoms with E-state index < -0.39 is 76.7 Å². The van der Waals surface area contributed by atoms with Crippen LogP contribution >= 0.6 is 0 Å². The van der Waals surface area contributed by atoms with Crippen LogP contribution in [0.3, 0.4) is 0 Å². The van der Waals surface area contributed by atoms with Gasteiger partial charge in [-0.25, -0.2) is 0 Å². The third-order valence-corrected chi connectivity index (χ3v) is 9.72. The van der Waals surface area contributed by atoms with Crippen LogP contribution in [0.25, 0.3) is 10.9 Å². The molecule has 57 heavy (non-hydrogen) atoms. The fourth-order valence-corrected chi connectivity index (χ4v) is 6.98. The zero-order chi connectivity index (χ0) is 42.1. The van der Waals surface area contributed by atoms with Crippen molar-refractivity contribution in [1.82, 2.24) is 20.5 Å². The van der Waals surface area contributed by atoms with Crippen molar-refractivity contribution < 1.29 is 38.2 Å². The van der Waals surface area contributed by atoms with Gasteiger partial charge in [0.25, 0.3) is 0 Å². The molecule has 1 aromatic heterocycles. The average Bonchev–Trinajstić information content (AvgIpc) is 3.50. The van der Waals surface area contributed by atoms with E-state index in [1.807, 2.05) is 25.3 Å². The highest BCUT2D eigenvalue weighted by Crippen LogP contribution is 2.30. The maximum absolute atomic E-state index is 14.0. The Labute approximate surface area is 335 Å². The molecule has 14 heteroatoms. The second-order valence-electron chi connectivity index (χ2n) is 17.1. The van der Waals surface area contributed by atoms with Gasteiger partial charge in [0.15, 0.2) is 5.92 Å². The van der Waals surface area contributed by atoms with Crippen LogP contribution in [0.15, 0.2) is 54.7 Å². The maximum atomic E-state index is 14.0. The van der Waals surface area contributed by atoms with E-state index in [1.165, 1.54) is 5.56 Å². The van der Waals surface area contributed by atoms with Crippen molar-refractivity contribution in [3.8, 4) is 0 Å². The SMILES string of the molecule is Cc1ccc2c(ccn2CCCNC(=O)[C@H](CC(N)=O)NC(=O)C2(NC(=O)[C@@H](N)Cc3ccc(C(C(=O)OC(C)(C)C)C(=O)OC(C)(C)C)cc3)CCCCC2)c1. The molecule has 4 rings (SSSR count). The van der Waals surface area contributed by atoms with E-state index in [-0.39, 0.29) is 6.42 Å². The summed E-state index contributed by atoms with van der Waals surface area (Å²) in [6.45, 7) is 13.2. The number of nitrogens with zero attached hydrogens (tertiary/aromatic N) is 1. The Kier molecular flexibility index (Phi) is 14.7. The molecule has 1 saturated carbocycles. The lowest BCUT2D eigenvalue weighted by Gasteiger charge is -2.38. The van der Waals surface area contributed by atoms with Gasteiger partial charge >= 0.3 is 11.9 Å². The van der Waals surface area contributed by atoms with Crippen LogP contribution in [0.5, 0.6) is 0 Å². The van der Waals surface area contributed by atoms with Crippen LogP contribution in [0.4, 0.5) is 0 Å². The summed E-state index contributed by atoms with van der Waals surface area (Å²) in [5, 5.41) is 9.56. The molecule has 1 aliphatic carbocycles. The van der Waals surface area contributed by atoms with Crippen molar-refractivity contribution >= 4 is 46.5 Å². The number of hydrogen-bond donors (Lipinski definition) is 5. The summed E-state index contributed by atoms with van der Waals surface area (Å²) in [4.78, 5) is 79.2. The molecule has 7 N–H and O–H groups in total. The number of ether oxygens (including phenoxy) is 2. The van der Waals surface area contributed by atoms with Crippen molar-refractivity contribution in [3.63, 3.8) is 0 Å². The summed E-state index contributed by atoms with van der Waals surface area (Å²) in [5.74, 6) is -5.28. The molecular formula is C43H60N6O8. The molecule has 1 fully saturated rings. The molecule has 0 aliphatic heterocycles. The van der Waals surface area contributed by atoms with Gasteiger partial charge in [-0.05, 0) is 109 Å². The Morgan fingerprint density at radius 1 is 0.842 bits per heavy atom. The smallest absolute Gasteiger partial charge is 0.325 e. The van der Waals surface area contributed by atoms with Crippen LogP contribution in [0, 0.1) is 6.92 Å². The van der Waals surface area contributed by atoms with Gasteiger partial charge in [0.05, 0.1) is 12.5 Å². The van der Waals surface area contributed by atoms with Gasteiger partial charge in [0.1, 0.15) is 22.8 Å². The normalized spacial score (nSPS) is 15.3. The van der Waals surface area contributed by atoms with Crippen molar-refractivity contribution in [2.45, 2.75) is 141 Å². The summed E-state index contributed by atoms with van der Waals surface area (Å²) < 4.78 is 13.2. The lowest BCUT2D eigenvalue weighted by atomic mass is 9.80. The molecule has 310 valence electrons. The van der Waals surface area contributed by atoms with E-state index in [2.05, 4.69) is 32.7 Å². The molecule has 0 spiro atoms. The second kappa shape index (κ2) is 18.8. The first kappa shape index (κ1) is 44.5. The molecular weight excluding hydrogens is 729 g/mol. The number of fused-ring (bicyclic) bond motifs is 1. The Bertz CT molecular complexity index is 1890. The van der Waals surface area contributed by atoms with E-state index in [0.29, 0.717) is 56.3 Å². The number of carbonyl (C=O) groups excluding carboxylic acids is 6. The van der Waals surface area contributed by atoms with Crippen LogP contribution in [-0.2, 0) is 51.2 Å². The lowest BCUT2D eigenvalue weighted by molar-refractivity contribution is -0.169. The number of aromatic nitrogens is 1. The number of nitrogens with two attached hydrogens (primary N) is 2. The molecule has 0 unspecified atom stereocenters. The minimum atomic E-state index is -1.35. The van der Waals surface area contributed by atoms with Gasteiger partial charge < -0.3 is 41.5 Å². The minimum Gasteiger partial charge on any atom is -0.459 e. The molecule has 2 aromatic carbocycles. The molecule has 2 atom stereocenters. The monoisotopic (exact) mass is 788 g/mol. The zero-order valence-corrected chi connectivity index (χ0v) is 34.4. The molecule has 14 nitrogen and oxygen atoms in total. The summed E-state index contributed by atoms with van der Waals surface area (Å²) in [6.07, 6.45) is 5.07. The van der Waals surface area contributed by atoms with E-state index in [1.54, 1.807) is 65.8 Å². The number of nitrogens with one attached hydrogen (secondary N) is 3. The van der Waals surface area contributed by atoms with Gasteiger partial charge in [0.2, 0.25) is 23.6 Å². The summed E-state index contributed by atoms with van der Waals surface area (Å²) >= 11 is 0. The zero-order valence-electron chi connectivity index (χ0n) is 34.4. The number of primary amides is 1. The van der Waals surface area contributed by atoms with Crippen molar-refractivity contribution in [2.24, 2.45) is 11.5 Å². The van der Waals surface area contributed by atoms with Gasteiger partial charge in [-0.3, -0.25) is 28.8 Å². The van der Waals surface area contributed by atoms with Gasteiger partial charge in [-0.1, -0.05) is 55.2 Å². The van der Waals surface area contributed by atoms with E-state index in [0.717, 1.165) is 17.3 Å². The van der Waals surface area contributed by atoms with Crippen LogP contribution in [0.1, 0.15) is 109 Å². The van der Waals surface area contributed by atoms with E-state index in [9.17, 15) is 28.8 Å². The first-order valence-electron chi connectivity index (χ1n) is 19.7. The number of amides is 4. The topological polar surface area (TPSA) is 214 Å². The third kappa shape index (κ3) is 12.9. The highest BCUT2D eigenvalue weighted by Gasteiger charge is 2.43. The second-order valence-corrected chi connectivity index (χ2v) is 17.1. The molecule has 4 amide bonds. The lowest BCUT2D eigenvalue weighted by Crippen LogP contribution is -2.64. The number of hydrogen-bond acceptors (Lipinski definition) is 9. The fourth-order valence-electron chi connectivity index (χ4n) is 6.98. The predicted molar refractivity (Wildman–Crippen MR) is 217 cm³/mol. The molecule has 1 aliphatic rings. The Morgan fingerprint density at radius 2 is 1.46 bits per heavy atom. The quantitative estimate of drug-likeness (QED) is 0.0806. The standard InChI is InChI=1S/C43H60N6O8/c1-27-12-17-33-30(24-27)18-23-49(33)22-11-21-46-37(52)32(26-34(45)50)47-40(55)43(19-9-8-10-20-43)48-36(51)31(44)25-28-13-15-29(16-14-28)35(38(53)56-41(2,3)4)39(54)57-42(5,6)7/h12-18,23-24,31-32,35H,8-11,19-22,25-26,44H2,1-7H3,(H2,45,50)(H,46,52)(H,47,55)(H,48,51)/t31-,32-/m0/s1. The number of carbonyl (C=O) groups is 6. The minimum absolute atomic E-state index is 0.0819. The van der Waals surface area contributed by atoms with Gasteiger partial charge in [0, 0.05) is 24.8 Å². The third-order valence-electron chi connectivity index (χ3n) is 9.72. The number of benzene rings is 2. The van der Waals surface area contributed by atoms with E-state index >= 15 is 0 Å². The summed E-state index contributed by atoms with van der Waals surface area (Å²) in [6, 6.07) is 12.5.